The number of nitrogens with one attached hydrogen (secondary N) is 1. The number of benzene rings is 2. The van der Waals surface area contributed by atoms with Gasteiger partial charge >= 0.3 is 0 Å². The predicted octanol–water partition coefficient (Wildman–Crippen LogP) is 3.80. The molecule has 3 heteroatoms. The maximum absolute atomic E-state index is 5.88. The first kappa shape index (κ1) is 17.0. The van der Waals surface area contributed by atoms with Crippen molar-refractivity contribution < 1.29 is 4.74 Å². The number of hydrogen-bond donors (Lipinski definition) is 1. The quantitative estimate of drug-likeness (QED) is 0.784. The van der Waals surface area contributed by atoms with Crippen LogP contribution in [0.5, 0.6) is 5.75 Å². The SMILES string of the molecule is Cc1ccccc1OCCCN[C@H]1CCN(C)[C@@H]1c1ccccc1. The van der Waals surface area contributed by atoms with Crippen molar-refractivity contribution in [1.82, 2.24) is 10.2 Å². The molecule has 0 radical (unpaired) electrons. The van der Waals surface area contributed by atoms with Gasteiger partial charge in [-0.2, -0.15) is 0 Å². The Balaban J connectivity index is 1.45. The van der Waals surface area contributed by atoms with Crippen LogP contribution in [-0.2, 0) is 0 Å². The molecular weight excluding hydrogens is 296 g/mol. The summed E-state index contributed by atoms with van der Waals surface area (Å²) in [5.74, 6) is 1.00. The van der Waals surface area contributed by atoms with E-state index >= 15 is 0 Å². The molecule has 2 aromatic rings. The van der Waals surface area contributed by atoms with E-state index < -0.39 is 0 Å². The predicted molar refractivity (Wildman–Crippen MR) is 99.5 cm³/mol. The van der Waals surface area contributed by atoms with Crippen LogP contribution in [0.25, 0.3) is 0 Å². The number of hydrogen-bond acceptors (Lipinski definition) is 3. The first-order valence-corrected chi connectivity index (χ1v) is 8.92. The van der Waals surface area contributed by atoms with Crippen LogP contribution in [0.15, 0.2) is 54.6 Å². The summed E-state index contributed by atoms with van der Waals surface area (Å²) in [6.45, 7) is 4.99. The van der Waals surface area contributed by atoms with E-state index in [9.17, 15) is 0 Å². The molecule has 1 aliphatic heterocycles. The second-order valence-electron chi connectivity index (χ2n) is 6.65. The molecule has 24 heavy (non-hydrogen) atoms. The molecule has 2 aromatic carbocycles. The lowest BCUT2D eigenvalue weighted by molar-refractivity contribution is 0.275. The number of para-hydroxylation sites is 1. The molecule has 3 nitrogen and oxygen atoms in total. The Morgan fingerprint density at radius 2 is 1.83 bits per heavy atom. The average molecular weight is 324 g/mol. The zero-order valence-electron chi connectivity index (χ0n) is 14.7. The molecule has 1 aliphatic rings. The number of nitrogens with zero attached hydrogens (tertiary/aromatic N) is 1. The topological polar surface area (TPSA) is 24.5 Å². The fraction of sp³-hybridized carbons (Fsp3) is 0.429. The molecule has 0 aromatic heterocycles. The fourth-order valence-electron chi connectivity index (χ4n) is 3.56. The summed E-state index contributed by atoms with van der Waals surface area (Å²) in [7, 11) is 2.22. The van der Waals surface area contributed by atoms with Gasteiger partial charge in [0.25, 0.3) is 0 Å². The second kappa shape index (κ2) is 8.32. The normalized spacial score (nSPS) is 21.1. The van der Waals surface area contributed by atoms with Crippen molar-refractivity contribution in [2.45, 2.75) is 31.8 Å². The van der Waals surface area contributed by atoms with Crippen LogP contribution in [0.1, 0.15) is 30.0 Å². The van der Waals surface area contributed by atoms with Crippen LogP contribution in [0.4, 0.5) is 0 Å². The van der Waals surface area contributed by atoms with Crippen molar-refractivity contribution in [2.24, 2.45) is 0 Å². The maximum atomic E-state index is 5.88. The second-order valence-corrected chi connectivity index (χ2v) is 6.65. The Labute approximate surface area is 145 Å². The molecule has 3 rings (SSSR count). The number of aryl methyl sites for hydroxylation is 1. The van der Waals surface area contributed by atoms with Gasteiger partial charge in [-0.25, -0.2) is 0 Å². The van der Waals surface area contributed by atoms with Crippen LogP contribution < -0.4 is 10.1 Å². The van der Waals surface area contributed by atoms with E-state index in [4.69, 9.17) is 4.74 Å². The summed E-state index contributed by atoms with van der Waals surface area (Å²) in [6.07, 6.45) is 2.23. The van der Waals surface area contributed by atoms with Crippen LogP contribution in [-0.4, -0.2) is 37.7 Å². The van der Waals surface area contributed by atoms with Crippen LogP contribution in [0, 0.1) is 6.92 Å². The highest BCUT2D eigenvalue weighted by molar-refractivity contribution is 5.31. The van der Waals surface area contributed by atoms with Crippen molar-refractivity contribution in [2.75, 3.05) is 26.7 Å². The van der Waals surface area contributed by atoms with Crippen molar-refractivity contribution >= 4 is 0 Å². The van der Waals surface area contributed by atoms with Gasteiger partial charge in [0, 0.05) is 18.6 Å². The molecular formula is C21H28N2O. The molecule has 128 valence electrons. The smallest absolute Gasteiger partial charge is 0.122 e. The third kappa shape index (κ3) is 4.16. The molecule has 1 N–H and O–H groups in total. The number of rotatable bonds is 7. The summed E-state index contributed by atoms with van der Waals surface area (Å²) in [5, 5.41) is 3.74. The standard InChI is InChI=1S/C21H28N2O/c1-17-9-6-7-12-20(17)24-16-8-14-22-19-13-15-23(2)21(19)18-10-4-3-5-11-18/h3-7,9-12,19,21-22H,8,13-16H2,1-2H3/t19-,21+/m0/s1. The van der Waals surface area contributed by atoms with Crippen LogP contribution >= 0.6 is 0 Å². The van der Waals surface area contributed by atoms with E-state index in [-0.39, 0.29) is 0 Å². The fourth-order valence-corrected chi connectivity index (χ4v) is 3.56. The average Bonchev–Trinajstić information content (AvgIpc) is 2.97. The van der Waals surface area contributed by atoms with Gasteiger partial charge in [-0.15, -0.1) is 0 Å². The molecule has 0 bridgehead atoms. The number of likely N-dealkylation sites (N-methyl/N-ethyl adjacent to an activating group) is 1. The molecule has 0 spiro atoms. The van der Waals surface area contributed by atoms with Gasteiger partial charge < -0.3 is 10.1 Å². The Bertz CT molecular complexity index is 629. The highest BCUT2D eigenvalue weighted by atomic mass is 16.5. The Hall–Kier alpha value is -1.84. The largest absolute Gasteiger partial charge is 0.493 e. The molecule has 2 atom stereocenters. The van der Waals surface area contributed by atoms with Crippen LogP contribution in [0.3, 0.4) is 0 Å². The minimum Gasteiger partial charge on any atom is -0.493 e. The molecule has 0 unspecified atom stereocenters. The molecule has 0 saturated carbocycles. The monoisotopic (exact) mass is 324 g/mol. The minimum atomic E-state index is 0.475. The summed E-state index contributed by atoms with van der Waals surface area (Å²) >= 11 is 0. The highest BCUT2D eigenvalue weighted by Crippen LogP contribution is 2.30. The molecule has 1 heterocycles. The first-order valence-electron chi connectivity index (χ1n) is 8.92. The Morgan fingerprint density at radius 3 is 2.62 bits per heavy atom. The number of likely N-dealkylation sites (tertiary alicyclic amines) is 1. The van der Waals surface area contributed by atoms with E-state index in [1.54, 1.807) is 0 Å². The zero-order chi connectivity index (χ0) is 16.8. The molecule has 1 saturated heterocycles. The molecule has 0 amide bonds. The van der Waals surface area contributed by atoms with E-state index in [2.05, 4.69) is 60.6 Å². The van der Waals surface area contributed by atoms with Crippen LogP contribution in [0.2, 0.25) is 0 Å². The third-order valence-corrected chi connectivity index (χ3v) is 4.87. The first-order chi connectivity index (χ1) is 11.8. The van der Waals surface area contributed by atoms with E-state index in [1.807, 2.05) is 18.2 Å². The number of ether oxygens (including phenoxy) is 1. The lowest BCUT2D eigenvalue weighted by Crippen LogP contribution is -2.35. The summed E-state index contributed by atoms with van der Waals surface area (Å²) in [6, 6.07) is 20.0. The van der Waals surface area contributed by atoms with E-state index in [0.717, 1.165) is 31.9 Å². The van der Waals surface area contributed by atoms with Gasteiger partial charge in [-0.3, -0.25) is 4.90 Å². The van der Waals surface area contributed by atoms with E-state index in [1.165, 1.54) is 17.5 Å². The van der Waals surface area contributed by atoms with Crippen molar-refractivity contribution in [1.29, 1.82) is 0 Å². The van der Waals surface area contributed by atoms with Crippen molar-refractivity contribution in [3.63, 3.8) is 0 Å². The van der Waals surface area contributed by atoms with Crippen molar-refractivity contribution in [3.8, 4) is 5.75 Å². The van der Waals surface area contributed by atoms with Crippen molar-refractivity contribution in [3.05, 3.63) is 65.7 Å². The minimum absolute atomic E-state index is 0.475. The summed E-state index contributed by atoms with van der Waals surface area (Å²) in [5.41, 5.74) is 2.61. The maximum Gasteiger partial charge on any atom is 0.122 e. The lowest BCUT2D eigenvalue weighted by atomic mass is 10.0. The van der Waals surface area contributed by atoms with Gasteiger partial charge in [-0.1, -0.05) is 48.5 Å². The third-order valence-electron chi connectivity index (χ3n) is 4.87. The van der Waals surface area contributed by atoms with Gasteiger partial charge in [0.2, 0.25) is 0 Å². The lowest BCUT2D eigenvalue weighted by Gasteiger charge is -2.26. The van der Waals surface area contributed by atoms with Gasteiger partial charge in [0.1, 0.15) is 5.75 Å². The van der Waals surface area contributed by atoms with Gasteiger partial charge in [0.05, 0.1) is 6.61 Å². The molecule has 0 aliphatic carbocycles. The Kier molecular flexibility index (Phi) is 5.89. The zero-order valence-corrected chi connectivity index (χ0v) is 14.7. The van der Waals surface area contributed by atoms with E-state index in [0.29, 0.717) is 12.1 Å². The molecule has 1 fully saturated rings. The van der Waals surface area contributed by atoms with Gasteiger partial charge in [0.15, 0.2) is 0 Å². The Morgan fingerprint density at radius 1 is 1.08 bits per heavy atom. The summed E-state index contributed by atoms with van der Waals surface area (Å²) in [4.78, 5) is 2.46. The highest BCUT2D eigenvalue weighted by Gasteiger charge is 2.32. The summed E-state index contributed by atoms with van der Waals surface area (Å²) < 4.78 is 5.88. The van der Waals surface area contributed by atoms with Gasteiger partial charge in [-0.05, 0) is 50.6 Å².